The van der Waals surface area contributed by atoms with Crippen molar-refractivity contribution in [3.05, 3.63) is 105 Å². The molecule has 0 saturated carbocycles. The Bertz CT molecular complexity index is 1970. The largest absolute Gasteiger partial charge is 0.508 e. The third-order valence-corrected chi connectivity index (χ3v) is 7.69. The lowest BCUT2D eigenvalue weighted by Crippen LogP contribution is -2.52. The van der Waals surface area contributed by atoms with Crippen LogP contribution in [0.4, 0.5) is 0 Å². The van der Waals surface area contributed by atoms with Crippen molar-refractivity contribution in [2.45, 2.75) is 13.5 Å². The number of aromatic nitrogens is 4. The van der Waals surface area contributed by atoms with Crippen molar-refractivity contribution < 1.29 is 9.90 Å². The number of aromatic hydroxyl groups is 1. The number of carbonyl (C=O) groups is 1. The summed E-state index contributed by atoms with van der Waals surface area (Å²) in [6.45, 7) is 6.40. The van der Waals surface area contributed by atoms with Gasteiger partial charge in [-0.25, -0.2) is 9.97 Å². The minimum atomic E-state index is -0.752. The monoisotopic (exact) mass is 553 g/mol. The average molecular weight is 554 g/mol. The highest BCUT2D eigenvalue weighted by Gasteiger charge is 2.31. The van der Waals surface area contributed by atoms with Gasteiger partial charge in [0, 0.05) is 31.1 Å². The van der Waals surface area contributed by atoms with E-state index in [1.807, 2.05) is 24.3 Å². The first-order valence-corrected chi connectivity index (χ1v) is 13.0. The van der Waals surface area contributed by atoms with Crippen LogP contribution < -0.4 is 11.1 Å². The summed E-state index contributed by atoms with van der Waals surface area (Å²) in [7, 11) is 0. The standard InChI is InChI=1S/C30H24ClN5O4/c1-3-28(38)34-13-18(14-34)15-35-25-11-24(31)23(22-9-20(37)8-19-6-4-5-7-21(19)22)10-26(25)36(30(40)29(35)39)27-12-32-16-33-17(27)2/h3-12,16,18,37H,1,13-15H2,2H3. The molecule has 0 atom stereocenters. The Labute approximate surface area is 233 Å². The van der Waals surface area contributed by atoms with Crippen molar-refractivity contribution in [1.82, 2.24) is 24.0 Å². The number of carbonyl (C=O) groups excluding carboxylic acids is 1. The van der Waals surface area contributed by atoms with Crippen molar-refractivity contribution in [3.8, 4) is 22.6 Å². The highest BCUT2D eigenvalue weighted by Crippen LogP contribution is 2.38. The number of phenols is 1. The summed E-state index contributed by atoms with van der Waals surface area (Å²) >= 11 is 6.88. The van der Waals surface area contributed by atoms with Crippen LogP contribution in [0.15, 0.2) is 83.3 Å². The number of hydrogen-bond donors (Lipinski definition) is 1. The number of benzene rings is 3. The van der Waals surface area contributed by atoms with Gasteiger partial charge in [0.2, 0.25) is 5.91 Å². The lowest BCUT2D eigenvalue weighted by Gasteiger charge is -2.39. The minimum Gasteiger partial charge on any atom is -0.508 e. The minimum absolute atomic E-state index is 0.0182. The summed E-state index contributed by atoms with van der Waals surface area (Å²) in [5.74, 6) is -0.118. The molecule has 5 aromatic rings. The molecule has 3 heterocycles. The van der Waals surface area contributed by atoms with E-state index in [0.29, 0.717) is 51.7 Å². The van der Waals surface area contributed by atoms with Gasteiger partial charge in [-0.3, -0.25) is 19.0 Å². The number of rotatable bonds is 5. The third-order valence-electron chi connectivity index (χ3n) is 7.37. The van der Waals surface area contributed by atoms with E-state index in [1.54, 1.807) is 36.1 Å². The van der Waals surface area contributed by atoms with Crippen molar-refractivity contribution in [3.63, 3.8) is 0 Å². The molecular weight excluding hydrogens is 530 g/mol. The molecule has 3 aromatic carbocycles. The van der Waals surface area contributed by atoms with Crippen molar-refractivity contribution >= 4 is 39.3 Å². The van der Waals surface area contributed by atoms with E-state index < -0.39 is 11.1 Å². The fraction of sp³-hybridized carbons (Fsp3) is 0.167. The molecule has 1 aliphatic rings. The van der Waals surface area contributed by atoms with Crippen molar-refractivity contribution in [2.24, 2.45) is 5.92 Å². The SMILES string of the molecule is C=CC(=O)N1CC(Cn2c(=O)c(=O)n(-c3cncnc3C)c3cc(-c4cc(O)cc5ccccc45)c(Cl)cc32)C1. The van der Waals surface area contributed by atoms with Gasteiger partial charge < -0.3 is 14.6 Å². The Balaban J connectivity index is 1.62. The number of likely N-dealkylation sites (tertiary alicyclic amines) is 1. The topological polar surface area (TPSA) is 110 Å². The van der Waals surface area contributed by atoms with E-state index in [0.717, 1.165) is 10.8 Å². The number of aryl methyl sites for hydroxylation is 1. The van der Waals surface area contributed by atoms with Crippen LogP contribution in [0.25, 0.3) is 38.6 Å². The van der Waals surface area contributed by atoms with Gasteiger partial charge in [-0.1, -0.05) is 42.4 Å². The smallest absolute Gasteiger partial charge is 0.321 e. The van der Waals surface area contributed by atoms with Crippen LogP contribution in [0.5, 0.6) is 5.75 Å². The molecule has 1 saturated heterocycles. The fourth-order valence-electron chi connectivity index (χ4n) is 5.38. The Morgan fingerprint density at radius 2 is 1.88 bits per heavy atom. The van der Waals surface area contributed by atoms with Gasteiger partial charge in [0.05, 0.1) is 33.6 Å². The summed E-state index contributed by atoms with van der Waals surface area (Å²) in [5.41, 5.74) is 1.59. The number of halogens is 1. The molecule has 9 nitrogen and oxygen atoms in total. The van der Waals surface area contributed by atoms with Crippen LogP contribution in [0.1, 0.15) is 5.69 Å². The first kappa shape index (κ1) is 25.5. The molecule has 0 aliphatic carbocycles. The van der Waals surface area contributed by atoms with Crippen LogP contribution in [-0.2, 0) is 11.3 Å². The van der Waals surface area contributed by atoms with E-state index in [1.165, 1.54) is 27.7 Å². The second-order valence-corrected chi connectivity index (χ2v) is 10.3. The molecule has 0 bridgehead atoms. The summed E-state index contributed by atoms with van der Waals surface area (Å²) in [6.07, 6.45) is 4.13. The zero-order valence-corrected chi connectivity index (χ0v) is 22.3. The average Bonchev–Trinajstić information content (AvgIpc) is 2.92. The molecule has 0 spiro atoms. The van der Waals surface area contributed by atoms with Crippen LogP contribution in [0.3, 0.4) is 0 Å². The number of phenolic OH excluding ortho intramolecular Hbond substituents is 1. The third kappa shape index (κ3) is 4.15. The predicted octanol–water partition coefficient (Wildman–Crippen LogP) is 4.07. The number of nitrogens with zero attached hydrogens (tertiary/aromatic N) is 5. The molecule has 0 radical (unpaired) electrons. The quantitative estimate of drug-likeness (QED) is 0.259. The number of hydrogen-bond acceptors (Lipinski definition) is 6. The molecular formula is C30H24ClN5O4. The maximum absolute atomic E-state index is 13.7. The highest BCUT2D eigenvalue weighted by atomic mass is 35.5. The molecule has 0 unspecified atom stereocenters. The van der Waals surface area contributed by atoms with E-state index in [2.05, 4.69) is 16.5 Å². The van der Waals surface area contributed by atoms with Crippen LogP contribution in [0.2, 0.25) is 5.02 Å². The zero-order valence-electron chi connectivity index (χ0n) is 21.5. The molecule has 200 valence electrons. The summed E-state index contributed by atoms with van der Waals surface area (Å²) in [5, 5.41) is 12.5. The predicted molar refractivity (Wildman–Crippen MR) is 154 cm³/mol. The van der Waals surface area contributed by atoms with Gasteiger partial charge in [0.25, 0.3) is 0 Å². The number of amides is 1. The summed E-state index contributed by atoms with van der Waals surface area (Å²) in [6, 6.07) is 14.3. The Hall–Kier alpha value is -4.76. The molecule has 2 aromatic heterocycles. The van der Waals surface area contributed by atoms with Gasteiger partial charge in [-0.05, 0) is 53.6 Å². The van der Waals surface area contributed by atoms with Crippen molar-refractivity contribution in [2.75, 3.05) is 13.1 Å². The van der Waals surface area contributed by atoms with E-state index in [-0.39, 0.29) is 24.1 Å². The van der Waals surface area contributed by atoms with E-state index in [9.17, 15) is 19.5 Å². The molecule has 10 heteroatoms. The van der Waals surface area contributed by atoms with Gasteiger partial charge in [-0.2, -0.15) is 0 Å². The molecule has 40 heavy (non-hydrogen) atoms. The van der Waals surface area contributed by atoms with Crippen LogP contribution >= 0.6 is 11.6 Å². The normalized spacial score (nSPS) is 13.5. The van der Waals surface area contributed by atoms with Crippen molar-refractivity contribution in [1.29, 1.82) is 0 Å². The number of fused-ring (bicyclic) bond motifs is 2. The first-order chi connectivity index (χ1) is 19.3. The zero-order chi connectivity index (χ0) is 28.1. The van der Waals surface area contributed by atoms with Crippen LogP contribution in [-0.4, -0.2) is 48.1 Å². The lowest BCUT2D eigenvalue weighted by molar-refractivity contribution is -0.132. The Morgan fingerprint density at radius 1 is 1.10 bits per heavy atom. The lowest BCUT2D eigenvalue weighted by atomic mass is 9.96. The first-order valence-electron chi connectivity index (χ1n) is 12.7. The highest BCUT2D eigenvalue weighted by molar-refractivity contribution is 6.34. The van der Waals surface area contributed by atoms with E-state index >= 15 is 0 Å². The van der Waals surface area contributed by atoms with Crippen LogP contribution in [0, 0.1) is 12.8 Å². The van der Waals surface area contributed by atoms with Gasteiger partial charge in [-0.15, -0.1) is 0 Å². The second kappa shape index (κ2) is 9.77. The summed E-state index contributed by atoms with van der Waals surface area (Å²) in [4.78, 5) is 49.1. The van der Waals surface area contributed by atoms with E-state index in [4.69, 9.17) is 11.6 Å². The molecule has 1 aliphatic heterocycles. The van der Waals surface area contributed by atoms with Gasteiger partial charge in [0.15, 0.2) is 0 Å². The maximum Gasteiger partial charge on any atom is 0.321 e. The van der Waals surface area contributed by atoms with Gasteiger partial charge in [0.1, 0.15) is 12.1 Å². The maximum atomic E-state index is 13.7. The molecule has 6 rings (SSSR count). The molecule has 1 fully saturated rings. The summed E-state index contributed by atoms with van der Waals surface area (Å²) < 4.78 is 2.76. The second-order valence-electron chi connectivity index (χ2n) is 9.90. The Morgan fingerprint density at radius 3 is 2.62 bits per heavy atom. The fourth-order valence-corrected chi connectivity index (χ4v) is 5.64. The Kier molecular flexibility index (Phi) is 6.23. The molecule has 1 amide bonds. The van der Waals surface area contributed by atoms with Gasteiger partial charge >= 0.3 is 11.1 Å². The molecule has 1 N–H and O–H groups in total.